The van der Waals surface area contributed by atoms with Crippen LogP contribution >= 0.6 is 0 Å². The molecule has 2 rings (SSSR count). The third-order valence-electron chi connectivity index (χ3n) is 3.39. The Morgan fingerprint density at radius 2 is 1.79 bits per heavy atom. The Morgan fingerprint density at radius 3 is 2.42 bits per heavy atom. The number of hydrogen-bond donors (Lipinski definition) is 0. The lowest BCUT2D eigenvalue weighted by Crippen LogP contribution is -2.33. The number of nitrogens with zero attached hydrogens (tertiary/aromatic N) is 2. The van der Waals surface area contributed by atoms with Crippen LogP contribution in [0.25, 0.3) is 0 Å². The fourth-order valence-electron chi connectivity index (χ4n) is 2.20. The van der Waals surface area contributed by atoms with E-state index in [-0.39, 0.29) is 37.2 Å². The Balaban J connectivity index is 2.12. The largest absolute Gasteiger partial charge is 0.466 e. The first kappa shape index (κ1) is 17.6. The minimum absolute atomic E-state index is 0.103. The summed E-state index contributed by atoms with van der Waals surface area (Å²) >= 11 is 0. The molecule has 0 saturated heterocycles. The van der Waals surface area contributed by atoms with Crippen molar-refractivity contribution in [1.29, 1.82) is 0 Å². The van der Waals surface area contributed by atoms with Gasteiger partial charge >= 0.3 is 5.97 Å². The Kier molecular flexibility index (Phi) is 6.42. The van der Waals surface area contributed by atoms with E-state index < -0.39 is 0 Å². The first-order chi connectivity index (χ1) is 11.6. The Labute approximate surface area is 140 Å². The first-order valence-electron chi connectivity index (χ1n) is 7.69. The third-order valence-corrected chi connectivity index (χ3v) is 3.39. The minimum atomic E-state index is -0.357. The third kappa shape index (κ3) is 5.15. The van der Waals surface area contributed by atoms with Crippen LogP contribution in [0.5, 0.6) is 0 Å². The molecule has 0 aliphatic rings. The van der Waals surface area contributed by atoms with Crippen molar-refractivity contribution in [2.75, 3.05) is 13.2 Å². The van der Waals surface area contributed by atoms with Gasteiger partial charge in [-0.25, -0.2) is 4.39 Å². The molecule has 1 aromatic carbocycles. The molecule has 0 fully saturated rings. The van der Waals surface area contributed by atoms with Crippen LogP contribution in [-0.2, 0) is 16.1 Å². The lowest BCUT2D eigenvalue weighted by atomic mass is 10.1. The topological polar surface area (TPSA) is 59.5 Å². The van der Waals surface area contributed by atoms with Crippen molar-refractivity contribution < 1.29 is 18.7 Å². The van der Waals surface area contributed by atoms with Crippen molar-refractivity contribution >= 4 is 11.9 Å². The van der Waals surface area contributed by atoms with Crippen molar-refractivity contribution in [1.82, 2.24) is 9.88 Å². The SMILES string of the molecule is CCOC(=O)CCN(Cc1ccc(F)cc1)C(=O)c1ccncc1. The quantitative estimate of drug-likeness (QED) is 0.733. The summed E-state index contributed by atoms with van der Waals surface area (Å²) in [6, 6.07) is 9.15. The summed E-state index contributed by atoms with van der Waals surface area (Å²) in [6.07, 6.45) is 3.18. The van der Waals surface area contributed by atoms with E-state index in [4.69, 9.17) is 4.74 Å². The Morgan fingerprint density at radius 1 is 1.12 bits per heavy atom. The van der Waals surface area contributed by atoms with Gasteiger partial charge in [-0.05, 0) is 36.8 Å². The molecular weight excluding hydrogens is 311 g/mol. The van der Waals surface area contributed by atoms with Gasteiger partial charge in [0.05, 0.1) is 13.0 Å². The summed E-state index contributed by atoms with van der Waals surface area (Å²) in [5.74, 6) is -0.910. The predicted octanol–water partition coefficient (Wildman–Crippen LogP) is 2.82. The lowest BCUT2D eigenvalue weighted by Gasteiger charge is -2.22. The highest BCUT2D eigenvalue weighted by atomic mass is 19.1. The van der Waals surface area contributed by atoms with E-state index in [0.717, 1.165) is 5.56 Å². The number of carbonyl (C=O) groups excluding carboxylic acids is 2. The maximum absolute atomic E-state index is 13.0. The van der Waals surface area contributed by atoms with Crippen LogP contribution in [0.2, 0.25) is 0 Å². The van der Waals surface area contributed by atoms with Crippen molar-refractivity contribution in [3.05, 3.63) is 65.7 Å². The van der Waals surface area contributed by atoms with Crippen molar-refractivity contribution in [2.24, 2.45) is 0 Å². The monoisotopic (exact) mass is 330 g/mol. The Bertz CT molecular complexity index is 674. The standard InChI is InChI=1S/C18H19FN2O3/c1-2-24-17(22)9-12-21(13-14-3-5-16(19)6-4-14)18(23)15-7-10-20-11-8-15/h3-8,10-11H,2,9,12-13H2,1H3. The van der Waals surface area contributed by atoms with Gasteiger partial charge in [0.1, 0.15) is 5.82 Å². The number of rotatable bonds is 7. The number of aromatic nitrogens is 1. The average molecular weight is 330 g/mol. The Hall–Kier alpha value is -2.76. The van der Waals surface area contributed by atoms with Crippen LogP contribution < -0.4 is 0 Å². The molecule has 0 saturated carbocycles. The maximum Gasteiger partial charge on any atom is 0.307 e. The molecule has 0 unspecified atom stereocenters. The van der Waals surface area contributed by atoms with E-state index in [2.05, 4.69) is 4.98 Å². The number of hydrogen-bond acceptors (Lipinski definition) is 4. The van der Waals surface area contributed by atoms with Gasteiger partial charge in [-0.2, -0.15) is 0 Å². The van der Waals surface area contributed by atoms with Crippen LogP contribution in [0.4, 0.5) is 4.39 Å². The molecule has 0 atom stereocenters. The van der Waals surface area contributed by atoms with E-state index in [1.807, 2.05) is 0 Å². The summed E-state index contributed by atoms with van der Waals surface area (Å²) in [6.45, 7) is 2.53. The number of benzene rings is 1. The summed E-state index contributed by atoms with van der Waals surface area (Å²) in [5, 5.41) is 0. The molecule has 0 radical (unpaired) electrons. The number of halogens is 1. The van der Waals surface area contributed by atoms with Crippen molar-refractivity contribution in [2.45, 2.75) is 19.9 Å². The highest BCUT2D eigenvalue weighted by molar-refractivity contribution is 5.94. The summed E-state index contributed by atoms with van der Waals surface area (Å²) in [7, 11) is 0. The fraction of sp³-hybridized carbons (Fsp3) is 0.278. The molecule has 1 aromatic heterocycles. The molecule has 0 aliphatic heterocycles. The van der Waals surface area contributed by atoms with Crippen LogP contribution in [0.1, 0.15) is 29.3 Å². The van der Waals surface area contributed by atoms with Crippen molar-refractivity contribution in [3.8, 4) is 0 Å². The van der Waals surface area contributed by atoms with E-state index in [9.17, 15) is 14.0 Å². The molecule has 5 nitrogen and oxygen atoms in total. The van der Waals surface area contributed by atoms with Crippen LogP contribution in [0.15, 0.2) is 48.8 Å². The average Bonchev–Trinajstić information content (AvgIpc) is 2.60. The molecular formula is C18H19FN2O3. The predicted molar refractivity (Wildman–Crippen MR) is 86.6 cm³/mol. The van der Waals surface area contributed by atoms with Gasteiger partial charge in [0.2, 0.25) is 0 Å². The molecule has 2 aromatic rings. The molecule has 6 heteroatoms. The fourth-order valence-corrected chi connectivity index (χ4v) is 2.20. The molecule has 1 heterocycles. The van der Waals surface area contributed by atoms with Gasteiger partial charge in [-0.3, -0.25) is 14.6 Å². The van der Waals surface area contributed by atoms with E-state index >= 15 is 0 Å². The van der Waals surface area contributed by atoms with Gasteiger partial charge in [0.15, 0.2) is 0 Å². The second-order valence-electron chi connectivity index (χ2n) is 5.14. The molecule has 1 amide bonds. The lowest BCUT2D eigenvalue weighted by molar-refractivity contribution is -0.143. The second kappa shape index (κ2) is 8.76. The van der Waals surface area contributed by atoms with Gasteiger partial charge in [-0.1, -0.05) is 12.1 Å². The summed E-state index contributed by atoms with van der Waals surface area (Å²) < 4.78 is 17.9. The zero-order valence-electron chi connectivity index (χ0n) is 13.4. The van der Waals surface area contributed by atoms with Crippen molar-refractivity contribution in [3.63, 3.8) is 0 Å². The van der Waals surface area contributed by atoms with Gasteiger partial charge in [-0.15, -0.1) is 0 Å². The molecule has 0 spiro atoms. The van der Waals surface area contributed by atoms with Crippen LogP contribution in [0.3, 0.4) is 0 Å². The molecule has 0 bridgehead atoms. The summed E-state index contributed by atoms with van der Waals surface area (Å²) in [5.41, 5.74) is 1.26. The molecule has 0 aliphatic carbocycles. The number of ether oxygens (including phenoxy) is 1. The maximum atomic E-state index is 13.0. The zero-order chi connectivity index (χ0) is 17.4. The van der Waals surface area contributed by atoms with Gasteiger partial charge < -0.3 is 9.64 Å². The smallest absolute Gasteiger partial charge is 0.307 e. The number of amides is 1. The van der Waals surface area contributed by atoms with Gasteiger partial charge in [0, 0.05) is 31.0 Å². The van der Waals surface area contributed by atoms with E-state index in [1.54, 1.807) is 36.1 Å². The second-order valence-corrected chi connectivity index (χ2v) is 5.14. The highest BCUT2D eigenvalue weighted by Crippen LogP contribution is 2.11. The first-order valence-corrected chi connectivity index (χ1v) is 7.69. The molecule has 24 heavy (non-hydrogen) atoms. The molecule has 0 N–H and O–H groups in total. The minimum Gasteiger partial charge on any atom is -0.466 e. The summed E-state index contributed by atoms with van der Waals surface area (Å²) in [4.78, 5) is 29.7. The molecule has 126 valence electrons. The van der Waals surface area contributed by atoms with E-state index in [0.29, 0.717) is 12.2 Å². The number of esters is 1. The van der Waals surface area contributed by atoms with E-state index in [1.165, 1.54) is 24.5 Å². The van der Waals surface area contributed by atoms with Crippen LogP contribution in [-0.4, -0.2) is 34.9 Å². The number of pyridine rings is 1. The zero-order valence-corrected chi connectivity index (χ0v) is 13.4. The normalized spacial score (nSPS) is 10.2. The highest BCUT2D eigenvalue weighted by Gasteiger charge is 2.17. The number of carbonyl (C=O) groups is 2. The van der Waals surface area contributed by atoms with Gasteiger partial charge in [0.25, 0.3) is 5.91 Å². The van der Waals surface area contributed by atoms with Crippen LogP contribution in [0, 0.1) is 5.82 Å².